The van der Waals surface area contributed by atoms with Crippen LogP contribution in [0.1, 0.15) is 53.2 Å². The molecule has 12 nitrogen and oxygen atoms in total. The lowest BCUT2D eigenvalue weighted by molar-refractivity contribution is -0.179. The quantitative estimate of drug-likeness (QED) is 0.115. The Morgan fingerprint density at radius 2 is 1.69 bits per heavy atom. The smallest absolute Gasteiger partial charge is 0.356 e. The highest BCUT2D eigenvalue weighted by atomic mass is 32.2. The third-order valence-corrected chi connectivity index (χ3v) is 10.0. The van der Waals surface area contributed by atoms with Crippen LogP contribution >= 0.6 is 11.3 Å². The number of nitrogens with one attached hydrogen (secondary N) is 1. The van der Waals surface area contributed by atoms with Gasteiger partial charge in [-0.2, -0.15) is 4.99 Å². The zero-order chi connectivity index (χ0) is 34.0. The summed E-state index contributed by atoms with van der Waals surface area (Å²) in [5, 5.41) is 0.237. The average molecular weight is 684 g/mol. The number of isocyanates is 1. The summed E-state index contributed by atoms with van der Waals surface area (Å²) in [5.74, 6) is -2.01. The van der Waals surface area contributed by atoms with E-state index in [1.54, 1.807) is 57.2 Å². The molecule has 2 aliphatic rings. The molecule has 0 spiro atoms. The first-order valence-corrected chi connectivity index (χ1v) is 16.9. The minimum atomic E-state index is -2.07. The van der Waals surface area contributed by atoms with Gasteiger partial charge in [-0.3, -0.25) is 29.0 Å². The summed E-state index contributed by atoms with van der Waals surface area (Å²) < 4.78 is 26.2. The number of amides is 2. The first-order valence-electron chi connectivity index (χ1n) is 14.8. The Balaban J connectivity index is 1.47. The van der Waals surface area contributed by atoms with Crippen LogP contribution in [0, 0.1) is 0 Å². The minimum Gasteiger partial charge on any atom is -0.448 e. The summed E-state index contributed by atoms with van der Waals surface area (Å²) in [6, 6.07) is 21.3. The Kier molecular flexibility index (Phi) is 9.24. The Morgan fingerprint density at radius 3 is 2.27 bits per heavy atom. The number of hydrogen-bond donors (Lipinski definition) is 1. The first kappa shape index (κ1) is 32.8. The highest BCUT2D eigenvalue weighted by Gasteiger charge is 2.61. The molecule has 2 aliphatic heterocycles. The molecule has 1 fully saturated rings. The van der Waals surface area contributed by atoms with Gasteiger partial charge < -0.3 is 9.47 Å². The van der Waals surface area contributed by atoms with Gasteiger partial charge in [0.15, 0.2) is 28.1 Å². The van der Waals surface area contributed by atoms with E-state index in [1.165, 1.54) is 24.7 Å². The summed E-state index contributed by atoms with van der Waals surface area (Å²) in [6.45, 7) is 5.24. The number of aromatic nitrogens is 2. The van der Waals surface area contributed by atoms with Gasteiger partial charge in [0.05, 0.1) is 26.8 Å². The van der Waals surface area contributed by atoms with E-state index in [2.05, 4.69) is 20.3 Å². The number of carbonyl (C=O) groups excluding carboxylic acids is 4. The first-order chi connectivity index (χ1) is 23.1. The molecule has 0 bridgehead atoms. The van der Waals surface area contributed by atoms with Crippen molar-refractivity contribution in [2.75, 3.05) is 5.32 Å². The fourth-order valence-corrected chi connectivity index (χ4v) is 8.04. The Hall–Kier alpha value is -5.14. The van der Waals surface area contributed by atoms with Gasteiger partial charge >= 0.3 is 5.97 Å². The maximum Gasteiger partial charge on any atom is 0.356 e. The average Bonchev–Trinajstić information content (AvgIpc) is 3.55. The van der Waals surface area contributed by atoms with Crippen LogP contribution in [0.5, 0.6) is 0 Å². The lowest BCUT2D eigenvalue weighted by atomic mass is 10.0. The summed E-state index contributed by atoms with van der Waals surface area (Å²) in [6.07, 6.45) is 3.68. The van der Waals surface area contributed by atoms with E-state index in [9.17, 15) is 23.4 Å². The molecule has 2 aromatic carbocycles. The van der Waals surface area contributed by atoms with Crippen molar-refractivity contribution >= 4 is 56.7 Å². The van der Waals surface area contributed by atoms with Gasteiger partial charge in [0, 0.05) is 24.2 Å². The van der Waals surface area contributed by atoms with E-state index in [0.717, 1.165) is 16.2 Å². The summed E-state index contributed by atoms with van der Waals surface area (Å²) >= 11 is 0.944. The third kappa shape index (κ3) is 6.51. The van der Waals surface area contributed by atoms with Crippen LogP contribution in [0.4, 0.5) is 5.13 Å². The molecular weight excluding hydrogens is 655 g/mol. The normalized spacial score (nSPS) is 20.4. The second-order valence-electron chi connectivity index (χ2n) is 11.7. The number of pyridine rings is 1. The number of fused-ring (bicyclic) bond motifs is 1. The second kappa shape index (κ2) is 13.5. The maximum atomic E-state index is 14.4. The van der Waals surface area contributed by atoms with E-state index in [1.807, 2.05) is 36.4 Å². The lowest BCUT2D eigenvalue weighted by Crippen LogP contribution is -2.71. The van der Waals surface area contributed by atoms with Crippen LogP contribution in [0.15, 0.2) is 102 Å². The molecule has 4 atom stereocenters. The van der Waals surface area contributed by atoms with Crippen LogP contribution in [-0.4, -0.2) is 65.4 Å². The minimum absolute atomic E-state index is 0.0280. The Morgan fingerprint density at radius 1 is 1.02 bits per heavy atom. The second-order valence-corrected chi connectivity index (χ2v) is 14.4. The molecule has 4 unspecified atom stereocenters. The molecule has 1 saturated heterocycles. The van der Waals surface area contributed by atoms with Gasteiger partial charge in [0.2, 0.25) is 6.08 Å². The molecule has 0 aliphatic carbocycles. The highest BCUT2D eigenvalue weighted by Crippen LogP contribution is 2.46. The zero-order valence-electron chi connectivity index (χ0n) is 25.9. The molecule has 4 aromatic rings. The van der Waals surface area contributed by atoms with Crippen molar-refractivity contribution in [3.05, 3.63) is 119 Å². The maximum absolute atomic E-state index is 14.4. The van der Waals surface area contributed by atoms with Crippen molar-refractivity contribution in [2.24, 2.45) is 4.99 Å². The van der Waals surface area contributed by atoms with Gasteiger partial charge in [-0.05, 0) is 44.0 Å². The highest BCUT2D eigenvalue weighted by molar-refractivity contribution is 7.87. The Labute approximate surface area is 282 Å². The summed E-state index contributed by atoms with van der Waals surface area (Å²) in [7, 11) is -2.07. The topological polar surface area (TPSA) is 157 Å². The molecule has 0 saturated carbocycles. The zero-order valence-corrected chi connectivity index (χ0v) is 27.6. The molecule has 2 amide bonds. The van der Waals surface area contributed by atoms with E-state index in [-0.39, 0.29) is 26.8 Å². The number of ether oxygens (including phenoxy) is 2. The van der Waals surface area contributed by atoms with Crippen LogP contribution in [0.3, 0.4) is 0 Å². The predicted octanol–water partition coefficient (Wildman–Crippen LogP) is 4.61. The molecule has 1 N–H and O–H groups in total. The van der Waals surface area contributed by atoms with Crippen molar-refractivity contribution in [1.82, 2.24) is 14.9 Å². The molecule has 14 heteroatoms. The van der Waals surface area contributed by atoms with E-state index >= 15 is 0 Å². The van der Waals surface area contributed by atoms with Gasteiger partial charge in [-0.25, -0.2) is 14.6 Å². The molecule has 4 heterocycles. The van der Waals surface area contributed by atoms with E-state index < -0.39 is 57.1 Å². The fourth-order valence-electron chi connectivity index (χ4n) is 5.37. The SMILES string of the molecule is CC(C)(C)OC1C(=O)N2C(C(=O)OC(c3ccccc3)c3ccccc3)=C(c3cnc(NC(=O)c4cccnc4)s3)C(N=C=O)S(=O)C12. The van der Waals surface area contributed by atoms with Crippen molar-refractivity contribution in [3.63, 3.8) is 0 Å². The monoisotopic (exact) mass is 683 g/mol. The third-order valence-electron chi connectivity index (χ3n) is 7.38. The molecule has 244 valence electrons. The number of carbonyl (C=O) groups is 3. The lowest BCUT2D eigenvalue weighted by Gasteiger charge is -2.51. The Bertz CT molecular complexity index is 1920. The van der Waals surface area contributed by atoms with Crippen LogP contribution in [-0.2, 0) is 34.7 Å². The van der Waals surface area contributed by atoms with Gasteiger partial charge in [0.25, 0.3) is 11.8 Å². The number of hydrogen-bond acceptors (Lipinski definition) is 11. The van der Waals surface area contributed by atoms with Crippen LogP contribution in [0.25, 0.3) is 5.57 Å². The molecule has 0 radical (unpaired) electrons. The van der Waals surface area contributed by atoms with Gasteiger partial charge in [0.1, 0.15) is 5.70 Å². The molecule has 6 rings (SSSR count). The molecule has 48 heavy (non-hydrogen) atoms. The number of esters is 1. The van der Waals surface area contributed by atoms with E-state index in [4.69, 9.17) is 9.47 Å². The van der Waals surface area contributed by atoms with Crippen molar-refractivity contribution in [2.45, 2.75) is 49.3 Å². The number of anilines is 1. The van der Waals surface area contributed by atoms with Gasteiger partial charge in [-0.1, -0.05) is 72.0 Å². The number of aliphatic imine (C=N–C) groups is 1. The number of rotatable bonds is 9. The summed E-state index contributed by atoms with van der Waals surface area (Å²) in [4.78, 5) is 66.2. The number of thiazole rings is 1. The molecular formula is C34H29N5O7S2. The largest absolute Gasteiger partial charge is 0.448 e. The number of benzene rings is 2. The van der Waals surface area contributed by atoms with Crippen LogP contribution < -0.4 is 5.32 Å². The summed E-state index contributed by atoms with van der Waals surface area (Å²) in [5.41, 5.74) is 0.536. The van der Waals surface area contributed by atoms with Gasteiger partial charge in [-0.15, -0.1) is 0 Å². The number of nitrogens with zero attached hydrogens (tertiary/aromatic N) is 4. The van der Waals surface area contributed by atoms with E-state index in [0.29, 0.717) is 11.1 Å². The number of β-lactam (4-membered cyclic amide) rings is 1. The molecule has 2 aromatic heterocycles. The van der Waals surface area contributed by atoms with Crippen molar-refractivity contribution < 1.29 is 32.9 Å². The fraction of sp³-hybridized carbons (Fsp3) is 0.235. The predicted molar refractivity (Wildman–Crippen MR) is 177 cm³/mol. The van der Waals surface area contributed by atoms with Crippen molar-refractivity contribution in [3.8, 4) is 0 Å². The van der Waals surface area contributed by atoms with Crippen molar-refractivity contribution in [1.29, 1.82) is 0 Å². The standard InChI is InChI=1S/C34H29N5O7S2/c1-34(2,3)46-27-30(42)39-25(32(43)45-26(20-11-6-4-7-12-20)21-13-8-5-9-14-21)24(29(37-19-40)48(44)31(27)39)23-18-36-33(47-23)38-28(41)22-15-10-16-35-17-22/h4-18,26-27,29,31H,1-3H3,(H,36,38,41). The van der Waals surface area contributed by atoms with Crippen LogP contribution in [0.2, 0.25) is 0 Å².